The minimum atomic E-state index is -0.638. The molecule has 2 aromatic carbocycles. The van der Waals surface area contributed by atoms with Gasteiger partial charge in [-0.2, -0.15) is 0 Å². The van der Waals surface area contributed by atoms with Crippen molar-refractivity contribution in [2.45, 2.75) is 6.92 Å². The van der Waals surface area contributed by atoms with E-state index in [1.54, 1.807) is 30.3 Å². The normalized spacial score (nSPS) is 10.8. The molecule has 0 amide bonds. The highest BCUT2D eigenvalue weighted by Gasteiger charge is 2.21. The first-order chi connectivity index (χ1) is 10.4. The van der Waals surface area contributed by atoms with Crippen molar-refractivity contribution in [3.8, 4) is 0 Å². The second-order valence-electron chi connectivity index (χ2n) is 4.67. The zero-order chi connectivity index (χ0) is 16.3. The van der Waals surface area contributed by atoms with Crippen LogP contribution in [0.3, 0.4) is 0 Å². The van der Waals surface area contributed by atoms with E-state index in [0.29, 0.717) is 16.8 Å². The molecule has 0 spiro atoms. The van der Waals surface area contributed by atoms with Crippen LogP contribution in [-0.2, 0) is 0 Å². The zero-order valence-corrected chi connectivity index (χ0v) is 11.7. The maximum Gasteiger partial charge on any atom is 0.283 e. The van der Waals surface area contributed by atoms with Crippen molar-refractivity contribution in [2.75, 3.05) is 5.73 Å². The molecule has 0 saturated heterocycles. The van der Waals surface area contributed by atoms with Crippen molar-refractivity contribution >= 4 is 29.2 Å². The molecule has 0 aliphatic rings. The van der Waals surface area contributed by atoms with Gasteiger partial charge in [-0.15, -0.1) is 0 Å². The number of rotatable bonds is 4. The highest BCUT2D eigenvalue weighted by Crippen LogP contribution is 2.30. The van der Waals surface area contributed by atoms with Gasteiger partial charge in [-0.1, -0.05) is 24.3 Å². The van der Waals surface area contributed by atoms with Crippen LogP contribution in [0.5, 0.6) is 0 Å². The van der Waals surface area contributed by atoms with E-state index in [9.17, 15) is 20.2 Å². The lowest BCUT2D eigenvalue weighted by Crippen LogP contribution is -1.97. The maximum absolute atomic E-state index is 11.1. The molecule has 112 valence electrons. The second kappa shape index (κ2) is 6.04. The molecule has 2 N–H and O–H groups in total. The topological polar surface area (TPSA) is 112 Å². The summed E-state index contributed by atoms with van der Waals surface area (Å²) in [5.74, 6) is 0. The molecule has 7 heteroatoms. The van der Waals surface area contributed by atoms with Gasteiger partial charge in [-0.25, -0.2) is 0 Å². The first-order valence-corrected chi connectivity index (χ1v) is 6.36. The molecule has 2 aromatic rings. The van der Waals surface area contributed by atoms with E-state index in [0.717, 1.165) is 6.07 Å². The summed E-state index contributed by atoms with van der Waals surface area (Å²) in [6, 6.07) is 9.47. The Morgan fingerprint density at radius 1 is 0.955 bits per heavy atom. The summed E-state index contributed by atoms with van der Waals surface area (Å²) in [5.41, 5.74) is 7.11. The summed E-state index contributed by atoms with van der Waals surface area (Å²) in [7, 11) is 0. The van der Waals surface area contributed by atoms with Crippen molar-refractivity contribution in [2.24, 2.45) is 0 Å². The number of anilines is 1. The summed E-state index contributed by atoms with van der Waals surface area (Å²) in [6.07, 6.45) is 3.17. The smallest absolute Gasteiger partial charge is 0.283 e. The number of benzene rings is 2. The highest BCUT2D eigenvalue weighted by molar-refractivity contribution is 5.79. The van der Waals surface area contributed by atoms with E-state index in [2.05, 4.69) is 0 Å². The van der Waals surface area contributed by atoms with Gasteiger partial charge < -0.3 is 5.73 Å². The van der Waals surface area contributed by atoms with Crippen LogP contribution < -0.4 is 5.73 Å². The Morgan fingerprint density at radius 2 is 1.55 bits per heavy atom. The van der Waals surface area contributed by atoms with E-state index in [1.165, 1.54) is 19.1 Å². The summed E-state index contributed by atoms with van der Waals surface area (Å²) in [5, 5.41) is 22.0. The Kier molecular flexibility index (Phi) is 4.17. The molecule has 0 radical (unpaired) electrons. The fraction of sp³-hybridized carbons (Fsp3) is 0.0667. The van der Waals surface area contributed by atoms with Gasteiger partial charge in [0.15, 0.2) is 0 Å². The van der Waals surface area contributed by atoms with E-state index >= 15 is 0 Å². The number of aryl methyl sites for hydroxylation is 1. The van der Waals surface area contributed by atoms with E-state index < -0.39 is 9.85 Å². The molecule has 0 bridgehead atoms. The lowest BCUT2D eigenvalue weighted by atomic mass is 10.1. The summed E-state index contributed by atoms with van der Waals surface area (Å²) in [4.78, 5) is 20.7. The number of nitro groups is 2. The number of nitrogens with two attached hydrogens (primary N) is 1. The fourth-order valence-electron chi connectivity index (χ4n) is 2.04. The average molecular weight is 299 g/mol. The molecule has 0 heterocycles. The number of para-hydroxylation sites is 1. The molecular formula is C15H13N3O4. The molecule has 0 atom stereocenters. The molecule has 7 nitrogen and oxygen atoms in total. The predicted molar refractivity (Wildman–Crippen MR) is 84.3 cm³/mol. The van der Waals surface area contributed by atoms with Gasteiger partial charge >= 0.3 is 0 Å². The number of nitrogens with zero attached hydrogens (tertiary/aromatic N) is 2. The van der Waals surface area contributed by atoms with Crippen LogP contribution in [-0.4, -0.2) is 9.85 Å². The Morgan fingerprint density at radius 3 is 2.14 bits per heavy atom. The van der Waals surface area contributed by atoms with E-state index in [1.807, 2.05) is 0 Å². The molecule has 2 rings (SSSR count). The van der Waals surface area contributed by atoms with Crippen molar-refractivity contribution in [3.63, 3.8) is 0 Å². The Bertz CT molecular complexity index is 784. The van der Waals surface area contributed by atoms with Crippen molar-refractivity contribution in [1.82, 2.24) is 0 Å². The molecular weight excluding hydrogens is 286 g/mol. The standard InChI is InChI=1S/C15H13N3O4/c1-10-8-12(7-6-11-4-2-3-5-13(11)16)15(18(21)22)9-14(10)17(19)20/h2-9H,16H2,1H3/b7-6+. The molecule has 0 aliphatic heterocycles. The van der Waals surface area contributed by atoms with Crippen LogP contribution in [0.25, 0.3) is 12.2 Å². The third-order valence-corrected chi connectivity index (χ3v) is 3.18. The van der Waals surface area contributed by atoms with Crippen LogP contribution >= 0.6 is 0 Å². The molecule has 0 aliphatic carbocycles. The molecule has 22 heavy (non-hydrogen) atoms. The number of hydrogen-bond donors (Lipinski definition) is 1. The Hall–Kier alpha value is -3.22. The van der Waals surface area contributed by atoms with Gasteiger partial charge in [0.25, 0.3) is 11.4 Å². The van der Waals surface area contributed by atoms with Gasteiger partial charge in [0.05, 0.1) is 21.5 Å². The SMILES string of the molecule is Cc1cc(/C=C/c2ccccc2N)c([N+](=O)[O-])cc1[N+](=O)[O-]. The first kappa shape index (κ1) is 15.2. The lowest BCUT2D eigenvalue weighted by molar-refractivity contribution is -0.394. The van der Waals surface area contributed by atoms with E-state index in [-0.39, 0.29) is 16.9 Å². The number of hydrogen-bond acceptors (Lipinski definition) is 5. The molecule has 0 fully saturated rings. The maximum atomic E-state index is 11.1. The van der Waals surface area contributed by atoms with Crippen LogP contribution in [0.15, 0.2) is 36.4 Å². The van der Waals surface area contributed by atoms with Crippen LogP contribution in [0, 0.1) is 27.2 Å². The van der Waals surface area contributed by atoms with Gasteiger partial charge in [0.2, 0.25) is 0 Å². The van der Waals surface area contributed by atoms with Crippen molar-refractivity contribution in [1.29, 1.82) is 0 Å². The fourth-order valence-corrected chi connectivity index (χ4v) is 2.04. The van der Waals surface area contributed by atoms with Crippen LogP contribution in [0.1, 0.15) is 16.7 Å². The zero-order valence-electron chi connectivity index (χ0n) is 11.7. The van der Waals surface area contributed by atoms with Crippen LogP contribution in [0.4, 0.5) is 17.1 Å². The van der Waals surface area contributed by atoms with Crippen molar-refractivity contribution in [3.05, 3.63) is 73.3 Å². The van der Waals surface area contributed by atoms with Crippen LogP contribution in [0.2, 0.25) is 0 Å². The van der Waals surface area contributed by atoms with Gasteiger partial charge in [-0.3, -0.25) is 20.2 Å². The number of nitrogen functional groups attached to an aromatic ring is 1. The van der Waals surface area contributed by atoms with Crippen molar-refractivity contribution < 1.29 is 9.85 Å². The summed E-state index contributed by atoms with van der Waals surface area (Å²) in [6.45, 7) is 1.54. The molecule has 0 unspecified atom stereocenters. The quantitative estimate of drug-likeness (QED) is 0.401. The highest BCUT2D eigenvalue weighted by atomic mass is 16.6. The second-order valence-corrected chi connectivity index (χ2v) is 4.67. The third kappa shape index (κ3) is 3.09. The minimum Gasteiger partial charge on any atom is -0.398 e. The largest absolute Gasteiger partial charge is 0.398 e. The Balaban J connectivity index is 2.51. The Labute approximate surface area is 126 Å². The number of nitro benzene ring substituents is 2. The first-order valence-electron chi connectivity index (χ1n) is 6.36. The minimum absolute atomic E-state index is 0.275. The molecule has 0 saturated carbocycles. The summed E-state index contributed by atoms with van der Waals surface area (Å²) < 4.78 is 0. The average Bonchev–Trinajstić information content (AvgIpc) is 2.45. The summed E-state index contributed by atoms with van der Waals surface area (Å²) >= 11 is 0. The lowest BCUT2D eigenvalue weighted by Gasteiger charge is -2.02. The molecule has 0 aromatic heterocycles. The monoisotopic (exact) mass is 299 g/mol. The van der Waals surface area contributed by atoms with Gasteiger partial charge in [0.1, 0.15) is 0 Å². The van der Waals surface area contributed by atoms with E-state index in [4.69, 9.17) is 5.73 Å². The predicted octanol–water partition coefficient (Wildman–Crippen LogP) is 3.56. The third-order valence-electron chi connectivity index (χ3n) is 3.18. The van der Waals surface area contributed by atoms with Gasteiger partial charge in [0, 0.05) is 11.3 Å². The van der Waals surface area contributed by atoms with Gasteiger partial charge in [-0.05, 0) is 30.7 Å².